The summed E-state index contributed by atoms with van der Waals surface area (Å²) in [5, 5.41) is 10.1. The van der Waals surface area contributed by atoms with Crippen molar-refractivity contribution in [3.05, 3.63) is 45.8 Å². The lowest BCUT2D eigenvalue weighted by molar-refractivity contribution is 0.0985. The minimum Gasteiger partial charge on any atom is -0.376 e. The molecule has 110 valence electrons. The average Bonchev–Trinajstić information content (AvgIpc) is 2.86. The van der Waals surface area contributed by atoms with Gasteiger partial charge in [-0.05, 0) is 31.9 Å². The van der Waals surface area contributed by atoms with Crippen molar-refractivity contribution in [3.63, 3.8) is 0 Å². The fourth-order valence-corrected chi connectivity index (χ4v) is 2.85. The van der Waals surface area contributed by atoms with Crippen LogP contribution < -0.4 is 5.32 Å². The molecule has 21 heavy (non-hydrogen) atoms. The summed E-state index contributed by atoms with van der Waals surface area (Å²) >= 11 is 0. The lowest BCUT2D eigenvalue weighted by Crippen LogP contribution is -2.18. The van der Waals surface area contributed by atoms with E-state index in [1.807, 2.05) is 20.8 Å². The van der Waals surface area contributed by atoms with Gasteiger partial charge in [-0.15, -0.1) is 0 Å². The first-order chi connectivity index (χ1) is 10.1. The number of rotatable bonds is 2. The maximum absolute atomic E-state index is 12.5. The highest BCUT2D eigenvalue weighted by molar-refractivity contribution is 6.04. The van der Waals surface area contributed by atoms with Gasteiger partial charge in [0, 0.05) is 23.4 Å². The van der Waals surface area contributed by atoms with Crippen LogP contribution in [0.4, 0.5) is 5.69 Å². The summed E-state index contributed by atoms with van der Waals surface area (Å²) in [6, 6.07) is 4.12. The first-order valence-corrected chi connectivity index (χ1v) is 7.09. The monoisotopic (exact) mass is 285 g/mol. The highest BCUT2D eigenvalue weighted by Crippen LogP contribution is 2.24. The van der Waals surface area contributed by atoms with Gasteiger partial charge in [-0.2, -0.15) is 5.10 Å². The molecule has 0 bridgehead atoms. The van der Waals surface area contributed by atoms with E-state index >= 15 is 0 Å². The number of hydrogen-bond donors (Lipinski definition) is 2. The SMILES string of the molecule is Cc1cc(C)c(NC(=O)c2n[nH]c3c2COCC3)c(C)c1. The number of aromatic amines is 1. The van der Waals surface area contributed by atoms with Crippen molar-refractivity contribution in [2.45, 2.75) is 33.8 Å². The molecular formula is C16H19N3O2. The molecule has 1 amide bonds. The van der Waals surface area contributed by atoms with Crippen molar-refractivity contribution in [1.82, 2.24) is 10.2 Å². The Balaban J connectivity index is 1.89. The van der Waals surface area contributed by atoms with Gasteiger partial charge in [0.25, 0.3) is 5.91 Å². The summed E-state index contributed by atoms with van der Waals surface area (Å²) in [4.78, 5) is 12.5. The van der Waals surface area contributed by atoms with Gasteiger partial charge >= 0.3 is 0 Å². The molecule has 1 aromatic carbocycles. The second-order valence-electron chi connectivity index (χ2n) is 5.56. The summed E-state index contributed by atoms with van der Waals surface area (Å²) in [5.41, 5.74) is 6.48. The Kier molecular flexibility index (Phi) is 3.51. The van der Waals surface area contributed by atoms with E-state index in [9.17, 15) is 4.79 Å². The van der Waals surface area contributed by atoms with Crippen molar-refractivity contribution in [2.24, 2.45) is 0 Å². The van der Waals surface area contributed by atoms with E-state index in [1.165, 1.54) is 5.56 Å². The minimum absolute atomic E-state index is 0.187. The van der Waals surface area contributed by atoms with Crippen LogP contribution in [0, 0.1) is 20.8 Å². The first-order valence-electron chi connectivity index (χ1n) is 7.09. The fourth-order valence-electron chi connectivity index (χ4n) is 2.85. The molecule has 1 aliphatic rings. The maximum Gasteiger partial charge on any atom is 0.276 e. The number of nitrogens with one attached hydrogen (secondary N) is 2. The van der Waals surface area contributed by atoms with Gasteiger partial charge in [0.05, 0.1) is 13.2 Å². The average molecular weight is 285 g/mol. The first kappa shape index (κ1) is 13.8. The number of nitrogens with zero attached hydrogens (tertiary/aromatic N) is 1. The van der Waals surface area contributed by atoms with E-state index < -0.39 is 0 Å². The Hall–Kier alpha value is -2.14. The molecule has 0 spiro atoms. The number of ether oxygens (including phenoxy) is 1. The predicted octanol–water partition coefficient (Wildman–Crippen LogP) is 2.66. The van der Waals surface area contributed by atoms with Gasteiger partial charge in [0.2, 0.25) is 0 Å². The van der Waals surface area contributed by atoms with Crippen LogP contribution in [-0.2, 0) is 17.8 Å². The standard InChI is InChI=1S/C16H19N3O2/c1-9-6-10(2)14(11(3)7-9)17-16(20)15-12-8-21-5-4-13(12)18-19-15/h6-7H,4-5,8H2,1-3H3,(H,17,20)(H,18,19). The number of carbonyl (C=O) groups excluding carboxylic acids is 1. The highest BCUT2D eigenvalue weighted by atomic mass is 16.5. The molecule has 0 saturated carbocycles. The Morgan fingerprint density at radius 2 is 2.00 bits per heavy atom. The molecular weight excluding hydrogens is 266 g/mol. The van der Waals surface area contributed by atoms with Crippen LogP contribution in [0.2, 0.25) is 0 Å². The zero-order valence-electron chi connectivity index (χ0n) is 12.5. The van der Waals surface area contributed by atoms with Crippen LogP contribution in [-0.4, -0.2) is 22.7 Å². The molecule has 2 heterocycles. The second kappa shape index (κ2) is 5.33. The van der Waals surface area contributed by atoms with Crippen molar-refractivity contribution in [2.75, 3.05) is 11.9 Å². The number of benzene rings is 1. The van der Waals surface area contributed by atoms with Gasteiger partial charge < -0.3 is 10.1 Å². The van der Waals surface area contributed by atoms with E-state index in [-0.39, 0.29) is 5.91 Å². The third-order valence-corrected chi connectivity index (χ3v) is 3.83. The van der Waals surface area contributed by atoms with Gasteiger partial charge in [-0.3, -0.25) is 9.89 Å². The zero-order valence-corrected chi connectivity index (χ0v) is 12.5. The number of fused-ring (bicyclic) bond motifs is 1. The van der Waals surface area contributed by atoms with Gasteiger partial charge in [0.15, 0.2) is 5.69 Å². The maximum atomic E-state index is 12.5. The minimum atomic E-state index is -0.187. The third-order valence-electron chi connectivity index (χ3n) is 3.83. The predicted molar refractivity (Wildman–Crippen MR) is 80.6 cm³/mol. The third kappa shape index (κ3) is 2.56. The van der Waals surface area contributed by atoms with E-state index in [0.29, 0.717) is 18.9 Å². The number of aryl methyl sites for hydroxylation is 3. The molecule has 5 nitrogen and oxygen atoms in total. The van der Waals surface area contributed by atoms with Crippen LogP contribution in [0.5, 0.6) is 0 Å². The Morgan fingerprint density at radius 3 is 2.71 bits per heavy atom. The van der Waals surface area contributed by atoms with Crippen LogP contribution in [0.1, 0.15) is 38.4 Å². The molecule has 1 aliphatic heterocycles. The van der Waals surface area contributed by atoms with Crippen molar-refractivity contribution < 1.29 is 9.53 Å². The molecule has 0 unspecified atom stereocenters. The summed E-state index contributed by atoms with van der Waals surface area (Å²) in [6.45, 7) is 7.16. The lowest BCUT2D eigenvalue weighted by atomic mass is 10.0. The Bertz CT molecular complexity index is 681. The normalized spacial score (nSPS) is 13.9. The van der Waals surface area contributed by atoms with Gasteiger partial charge in [-0.1, -0.05) is 17.7 Å². The van der Waals surface area contributed by atoms with Crippen LogP contribution in [0.15, 0.2) is 12.1 Å². The zero-order chi connectivity index (χ0) is 15.0. The molecule has 1 aromatic heterocycles. The quantitative estimate of drug-likeness (QED) is 0.891. The molecule has 2 N–H and O–H groups in total. The Morgan fingerprint density at radius 1 is 1.29 bits per heavy atom. The van der Waals surface area contributed by atoms with Crippen molar-refractivity contribution >= 4 is 11.6 Å². The lowest BCUT2D eigenvalue weighted by Gasteiger charge is -2.14. The number of aromatic nitrogens is 2. The molecule has 2 aromatic rings. The molecule has 0 fully saturated rings. The number of carbonyl (C=O) groups is 1. The number of H-pyrrole nitrogens is 1. The van der Waals surface area contributed by atoms with Gasteiger partial charge in [0.1, 0.15) is 0 Å². The van der Waals surface area contributed by atoms with E-state index in [0.717, 1.165) is 34.5 Å². The summed E-state index contributed by atoms with van der Waals surface area (Å²) < 4.78 is 5.42. The van der Waals surface area contributed by atoms with Crippen LogP contribution in [0.3, 0.4) is 0 Å². The van der Waals surface area contributed by atoms with E-state index in [4.69, 9.17) is 4.74 Å². The summed E-state index contributed by atoms with van der Waals surface area (Å²) in [6.07, 6.45) is 0.776. The second-order valence-corrected chi connectivity index (χ2v) is 5.56. The smallest absolute Gasteiger partial charge is 0.276 e. The molecule has 5 heteroatoms. The highest BCUT2D eigenvalue weighted by Gasteiger charge is 2.22. The van der Waals surface area contributed by atoms with E-state index in [1.54, 1.807) is 0 Å². The van der Waals surface area contributed by atoms with E-state index in [2.05, 4.69) is 27.6 Å². The van der Waals surface area contributed by atoms with Crippen LogP contribution >= 0.6 is 0 Å². The Labute approximate surface area is 123 Å². The molecule has 0 aliphatic carbocycles. The largest absolute Gasteiger partial charge is 0.376 e. The molecule has 0 radical (unpaired) electrons. The number of hydrogen-bond acceptors (Lipinski definition) is 3. The number of anilines is 1. The summed E-state index contributed by atoms with van der Waals surface area (Å²) in [5.74, 6) is -0.187. The van der Waals surface area contributed by atoms with Gasteiger partial charge in [-0.25, -0.2) is 0 Å². The fraction of sp³-hybridized carbons (Fsp3) is 0.375. The summed E-state index contributed by atoms with van der Waals surface area (Å²) in [7, 11) is 0. The van der Waals surface area contributed by atoms with Crippen LogP contribution in [0.25, 0.3) is 0 Å². The van der Waals surface area contributed by atoms with Crippen molar-refractivity contribution in [3.8, 4) is 0 Å². The molecule has 0 saturated heterocycles. The molecule has 3 rings (SSSR count). The topological polar surface area (TPSA) is 67.0 Å². The number of amides is 1. The molecule has 0 atom stereocenters. The van der Waals surface area contributed by atoms with Crippen molar-refractivity contribution in [1.29, 1.82) is 0 Å².